The topological polar surface area (TPSA) is 92.8 Å². The number of aromatic nitrogens is 4. The zero-order valence-corrected chi connectivity index (χ0v) is 9.46. The highest BCUT2D eigenvalue weighted by atomic mass is 15.0. The Balaban J connectivity index is 2.20. The van der Waals surface area contributed by atoms with Gasteiger partial charge in [-0.05, 0) is 24.9 Å². The Labute approximate surface area is 103 Å². The molecular weight excluding hydrogens is 228 g/mol. The van der Waals surface area contributed by atoms with E-state index in [0.29, 0.717) is 23.0 Å². The molecule has 18 heavy (non-hydrogen) atoms. The monoisotopic (exact) mass is 238 g/mol. The molecule has 0 radical (unpaired) electrons. The first kappa shape index (κ1) is 10.4. The van der Waals surface area contributed by atoms with E-state index in [1.807, 2.05) is 12.1 Å². The van der Waals surface area contributed by atoms with Crippen LogP contribution in [-0.4, -0.2) is 26.7 Å². The maximum atomic E-state index is 5.79. The normalized spacial score (nSPS) is 10.7. The summed E-state index contributed by atoms with van der Waals surface area (Å²) in [6, 6.07) is 5.51. The van der Waals surface area contributed by atoms with Crippen LogP contribution in [0.4, 0.5) is 11.5 Å². The van der Waals surface area contributed by atoms with Gasteiger partial charge in [0.05, 0.1) is 11.2 Å². The molecule has 6 nitrogen and oxygen atoms in total. The Hall–Kier alpha value is -2.76. The summed E-state index contributed by atoms with van der Waals surface area (Å²) < 4.78 is 0. The van der Waals surface area contributed by atoms with Crippen LogP contribution < -0.4 is 5.73 Å². The van der Waals surface area contributed by atoms with Gasteiger partial charge in [-0.15, -0.1) is 0 Å². The van der Waals surface area contributed by atoms with Crippen LogP contribution in [0.25, 0.3) is 22.6 Å². The average molecular weight is 238 g/mol. The van der Waals surface area contributed by atoms with Crippen molar-refractivity contribution in [1.82, 2.24) is 19.9 Å². The van der Waals surface area contributed by atoms with Gasteiger partial charge in [0.25, 0.3) is 0 Å². The fraction of sp³-hybridized carbons (Fsp3) is 0. The first-order valence-electron chi connectivity index (χ1n) is 5.31. The Bertz CT molecular complexity index is 716. The lowest BCUT2D eigenvalue weighted by Gasteiger charge is -1.96. The van der Waals surface area contributed by atoms with Crippen molar-refractivity contribution >= 4 is 29.4 Å². The van der Waals surface area contributed by atoms with E-state index in [2.05, 4.69) is 31.6 Å². The lowest BCUT2D eigenvalue weighted by atomic mass is 10.3. The van der Waals surface area contributed by atoms with E-state index >= 15 is 0 Å². The largest absolute Gasteiger partial charge is 0.396 e. The molecule has 3 aromatic rings. The van der Waals surface area contributed by atoms with Crippen LogP contribution in [0.2, 0.25) is 0 Å². The first-order valence-corrected chi connectivity index (χ1v) is 5.31. The van der Waals surface area contributed by atoms with Gasteiger partial charge in [0.1, 0.15) is 5.82 Å². The molecule has 0 aliphatic rings. The van der Waals surface area contributed by atoms with E-state index in [0.717, 1.165) is 11.1 Å². The lowest BCUT2D eigenvalue weighted by Crippen LogP contribution is -1.88. The number of aliphatic imine (C=N–C) groups is 1. The van der Waals surface area contributed by atoms with Crippen LogP contribution in [0, 0.1) is 0 Å². The second-order valence-electron chi connectivity index (χ2n) is 3.76. The highest BCUT2D eigenvalue weighted by Gasteiger charge is 2.09. The number of fused-ring (bicyclic) bond motifs is 1. The molecule has 6 heteroatoms. The minimum Gasteiger partial charge on any atom is -0.396 e. The second kappa shape index (κ2) is 3.92. The molecule has 0 saturated heterocycles. The van der Waals surface area contributed by atoms with Crippen molar-refractivity contribution in [2.24, 2.45) is 4.99 Å². The molecule has 0 aliphatic heterocycles. The minimum absolute atomic E-state index is 0.395. The highest BCUT2D eigenvalue weighted by Crippen LogP contribution is 2.25. The summed E-state index contributed by atoms with van der Waals surface area (Å²) in [5, 5.41) is 0. The van der Waals surface area contributed by atoms with Crippen molar-refractivity contribution in [3.63, 3.8) is 0 Å². The van der Waals surface area contributed by atoms with Crippen LogP contribution in [-0.2, 0) is 0 Å². The van der Waals surface area contributed by atoms with Crippen molar-refractivity contribution in [1.29, 1.82) is 0 Å². The third-order valence-corrected chi connectivity index (χ3v) is 2.57. The molecule has 0 spiro atoms. The number of nitrogens with two attached hydrogens (primary N) is 1. The van der Waals surface area contributed by atoms with Crippen molar-refractivity contribution < 1.29 is 0 Å². The predicted octanol–water partition coefficient (Wildman–Crippen LogP) is 1.93. The molecule has 0 saturated carbocycles. The Morgan fingerprint density at radius 1 is 1.33 bits per heavy atom. The summed E-state index contributed by atoms with van der Waals surface area (Å²) in [6.45, 7) is 3.42. The number of nitrogens with zero attached hydrogens (tertiary/aromatic N) is 4. The molecule has 0 aliphatic carbocycles. The number of hydrogen-bond donors (Lipinski definition) is 2. The molecular formula is C12H10N6. The molecule has 0 bridgehead atoms. The van der Waals surface area contributed by atoms with E-state index in [4.69, 9.17) is 5.73 Å². The van der Waals surface area contributed by atoms with Crippen molar-refractivity contribution in [2.75, 3.05) is 5.73 Å². The van der Waals surface area contributed by atoms with Crippen LogP contribution in [0.15, 0.2) is 35.6 Å². The van der Waals surface area contributed by atoms with E-state index < -0.39 is 0 Å². The van der Waals surface area contributed by atoms with E-state index in [1.54, 1.807) is 18.5 Å². The molecule has 0 aromatic carbocycles. The molecule has 0 atom stereocenters. The fourth-order valence-electron chi connectivity index (χ4n) is 1.71. The Kier molecular flexibility index (Phi) is 2.26. The van der Waals surface area contributed by atoms with Crippen LogP contribution in [0.5, 0.6) is 0 Å². The summed E-state index contributed by atoms with van der Waals surface area (Å²) in [6.07, 6.45) is 3.44. The number of nitrogens with one attached hydrogen (secondary N) is 1. The van der Waals surface area contributed by atoms with Gasteiger partial charge >= 0.3 is 0 Å². The third kappa shape index (κ3) is 1.60. The number of pyridine rings is 2. The van der Waals surface area contributed by atoms with Gasteiger partial charge in [-0.25, -0.2) is 15.0 Å². The number of imidazole rings is 1. The molecule has 0 amide bonds. The van der Waals surface area contributed by atoms with E-state index in [1.165, 1.54) is 0 Å². The van der Waals surface area contributed by atoms with Gasteiger partial charge in [-0.1, -0.05) is 0 Å². The van der Waals surface area contributed by atoms with Gasteiger partial charge in [-0.2, -0.15) is 0 Å². The Morgan fingerprint density at radius 3 is 2.94 bits per heavy atom. The number of H-pyrrole nitrogens is 1. The molecule has 3 rings (SSSR count). The van der Waals surface area contributed by atoms with Crippen LogP contribution >= 0.6 is 0 Å². The van der Waals surface area contributed by atoms with Crippen LogP contribution in [0.1, 0.15) is 0 Å². The highest BCUT2D eigenvalue weighted by molar-refractivity contribution is 5.82. The Morgan fingerprint density at radius 2 is 2.22 bits per heavy atom. The number of nitrogen functional groups attached to an aromatic ring is 1. The van der Waals surface area contributed by atoms with Gasteiger partial charge in [0.2, 0.25) is 0 Å². The van der Waals surface area contributed by atoms with Crippen molar-refractivity contribution in [2.45, 2.75) is 0 Å². The molecule has 88 valence electrons. The maximum Gasteiger partial charge on any atom is 0.180 e. The van der Waals surface area contributed by atoms with Gasteiger partial charge in [0, 0.05) is 18.0 Å². The number of anilines is 1. The fourth-order valence-corrected chi connectivity index (χ4v) is 1.71. The molecule has 3 N–H and O–H groups in total. The average Bonchev–Trinajstić information content (AvgIpc) is 2.81. The lowest BCUT2D eigenvalue weighted by molar-refractivity contribution is 1.26. The summed E-state index contributed by atoms with van der Waals surface area (Å²) in [5.41, 5.74) is 8.47. The molecule has 3 aromatic heterocycles. The zero-order valence-electron chi connectivity index (χ0n) is 9.46. The summed E-state index contributed by atoms with van der Waals surface area (Å²) in [7, 11) is 0. The number of hydrogen-bond acceptors (Lipinski definition) is 5. The predicted molar refractivity (Wildman–Crippen MR) is 70.7 cm³/mol. The molecule has 3 heterocycles. The van der Waals surface area contributed by atoms with Gasteiger partial charge < -0.3 is 10.7 Å². The number of rotatable bonds is 2. The van der Waals surface area contributed by atoms with E-state index in [-0.39, 0.29) is 0 Å². The maximum absolute atomic E-state index is 5.79. The smallest absolute Gasteiger partial charge is 0.180 e. The van der Waals surface area contributed by atoms with Gasteiger partial charge in [0.15, 0.2) is 11.5 Å². The van der Waals surface area contributed by atoms with E-state index in [9.17, 15) is 0 Å². The molecule has 0 fully saturated rings. The summed E-state index contributed by atoms with van der Waals surface area (Å²) in [5.74, 6) is 1.10. The summed E-state index contributed by atoms with van der Waals surface area (Å²) in [4.78, 5) is 19.6. The zero-order chi connectivity index (χ0) is 12.5. The quantitative estimate of drug-likeness (QED) is 0.667. The standard InChI is InChI=1S/C12H10N6/c1-14-11-8(13)5-9-12(18-11)17-10(16-9)7-3-2-4-15-6-7/h2-6H,1,13H2,(H,16,17,18). The van der Waals surface area contributed by atoms with Crippen molar-refractivity contribution in [3.8, 4) is 11.4 Å². The third-order valence-electron chi connectivity index (χ3n) is 2.57. The van der Waals surface area contributed by atoms with Crippen LogP contribution in [0.3, 0.4) is 0 Å². The first-order chi connectivity index (χ1) is 8.78. The van der Waals surface area contributed by atoms with Crippen molar-refractivity contribution in [3.05, 3.63) is 30.6 Å². The summed E-state index contributed by atoms with van der Waals surface area (Å²) >= 11 is 0. The minimum atomic E-state index is 0.395. The SMILES string of the molecule is C=Nc1nc2nc(-c3cccnc3)[nH]c2cc1N. The second-order valence-corrected chi connectivity index (χ2v) is 3.76. The van der Waals surface area contributed by atoms with Gasteiger partial charge in [-0.3, -0.25) is 4.98 Å². The molecule has 0 unspecified atom stereocenters. The number of aromatic amines is 1.